The van der Waals surface area contributed by atoms with Crippen LogP contribution in [0.1, 0.15) is 40.4 Å². The molecule has 0 radical (unpaired) electrons. The second-order valence-electron chi connectivity index (χ2n) is 10.1. The van der Waals surface area contributed by atoms with Gasteiger partial charge in [0.1, 0.15) is 23.8 Å². The van der Waals surface area contributed by atoms with E-state index in [9.17, 15) is 9.18 Å². The highest BCUT2D eigenvalue weighted by Crippen LogP contribution is 2.26. The first-order valence-corrected chi connectivity index (χ1v) is 13.9. The quantitative estimate of drug-likeness (QED) is 0.255. The van der Waals surface area contributed by atoms with Crippen LogP contribution < -0.4 is 4.74 Å². The van der Waals surface area contributed by atoms with Crippen molar-refractivity contribution in [1.29, 1.82) is 0 Å². The Morgan fingerprint density at radius 2 is 2.10 bits per heavy atom. The Hall–Kier alpha value is -3.86. The van der Waals surface area contributed by atoms with Gasteiger partial charge in [-0.2, -0.15) is 0 Å². The van der Waals surface area contributed by atoms with Gasteiger partial charge in [-0.3, -0.25) is 4.90 Å². The minimum absolute atomic E-state index is 0.0653. The van der Waals surface area contributed by atoms with Gasteiger partial charge >= 0.3 is 5.97 Å². The largest absolute Gasteiger partial charge is 0.473 e. The summed E-state index contributed by atoms with van der Waals surface area (Å²) in [5.41, 5.74) is 4.23. The molecular formula is C30H29ClFN5O4. The average Bonchev–Trinajstić information content (AvgIpc) is 3.30. The number of fused-ring (bicyclic) bond motifs is 1. The number of imidazole rings is 1. The SMILES string of the molecule is COC(=O)c1cc2c(cn1)nc(CN1CC=C(c3cccc(OCc4ccc(Cl)cc4F)n3)CC1)n2C[C@@H]1CCO1. The predicted octanol–water partition coefficient (Wildman–Crippen LogP) is 5.06. The van der Waals surface area contributed by atoms with Gasteiger partial charge in [0, 0.05) is 36.3 Å². The third-order valence-electron chi connectivity index (χ3n) is 7.39. The third kappa shape index (κ3) is 6.09. The number of pyridine rings is 2. The van der Waals surface area contributed by atoms with Gasteiger partial charge in [-0.15, -0.1) is 0 Å². The van der Waals surface area contributed by atoms with Gasteiger partial charge < -0.3 is 18.8 Å². The summed E-state index contributed by atoms with van der Waals surface area (Å²) in [7, 11) is 1.35. The summed E-state index contributed by atoms with van der Waals surface area (Å²) >= 11 is 5.84. The number of aromatic nitrogens is 4. The number of nitrogens with zero attached hydrogens (tertiary/aromatic N) is 5. The second-order valence-corrected chi connectivity index (χ2v) is 10.5. The molecule has 0 spiro atoms. The van der Waals surface area contributed by atoms with E-state index in [1.165, 1.54) is 13.2 Å². The van der Waals surface area contributed by atoms with Crippen molar-refractivity contribution in [1.82, 2.24) is 24.4 Å². The highest BCUT2D eigenvalue weighted by Gasteiger charge is 2.24. The maximum atomic E-state index is 14.1. The monoisotopic (exact) mass is 577 g/mol. The molecule has 3 aromatic heterocycles. The Morgan fingerprint density at radius 3 is 2.83 bits per heavy atom. The van der Waals surface area contributed by atoms with Gasteiger partial charge in [-0.25, -0.2) is 24.1 Å². The first kappa shape index (κ1) is 27.3. The van der Waals surface area contributed by atoms with Crippen LogP contribution in [0.4, 0.5) is 4.39 Å². The lowest BCUT2D eigenvalue weighted by Crippen LogP contribution is -2.33. The van der Waals surface area contributed by atoms with Crippen LogP contribution in [-0.4, -0.2) is 63.3 Å². The number of carbonyl (C=O) groups is 1. The van der Waals surface area contributed by atoms with Crippen LogP contribution in [0.15, 0.2) is 54.7 Å². The van der Waals surface area contributed by atoms with Crippen molar-refractivity contribution in [2.45, 2.75) is 38.6 Å². The summed E-state index contributed by atoms with van der Waals surface area (Å²) in [5.74, 6) is 0.457. The van der Waals surface area contributed by atoms with Gasteiger partial charge in [-0.1, -0.05) is 29.8 Å². The zero-order valence-corrected chi connectivity index (χ0v) is 23.3. The zero-order chi connectivity index (χ0) is 28.3. The Kier molecular flexibility index (Phi) is 7.95. The summed E-state index contributed by atoms with van der Waals surface area (Å²) in [6.07, 6.45) is 5.73. The molecule has 212 valence electrons. The van der Waals surface area contributed by atoms with Crippen LogP contribution >= 0.6 is 11.6 Å². The molecule has 1 saturated heterocycles. The molecular weight excluding hydrogens is 549 g/mol. The number of methoxy groups -OCH3 is 1. The second kappa shape index (κ2) is 11.9. The molecule has 2 aliphatic heterocycles. The molecule has 0 saturated carbocycles. The minimum Gasteiger partial charge on any atom is -0.473 e. The molecule has 0 aliphatic carbocycles. The molecule has 9 nitrogen and oxygen atoms in total. The van der Waals surface area contributed by atoms with Gasteiger partial charge in [0.25, 0.3) is 0 Å². The highest BCUT2D eigenvalue weighted by atomic mass is 35.5. The molecule has 1 aromatic carbocycles. The van der Waals surface area contributed by atoms with Crippen molar-refractivity contribution in [3.8, 4) is 5.88 Å². The lowest BCUT2D eigenvalue weighted by molar-refractivity contribution is -0.0591. The molecule has 0 N–H and O–H groups in total. The van der Waals surface area contributed by atoms with Gasteiger partial charge in [0.05, 0.1) is 43.7 Å². The molecule has 1 atom stereocenters. The van der Waals surface area contributed by atoms with E-state index in [4.69, 9.17) is 30.8 Å². The van der Waals surface area contributed by atoms with E-state index in [2.05, 4.69) is 25.5 Å². The van der Waals surface area contributed by atoms with Crippen molar-refractivity contribution in [3.63, 3.8) is 0 Å². The zero-order valence-electron chi connectivity index (χ0n) is 22.6. The Bertz CT molecular complexity index is 1620. The summed E-state index contributed by atoms with van der Waals surface area (Å²) in [5, 5.41) is 0.346. The number of rotatable bonds is 9. The van der Waals surface area contributed by atoms with Crippen LogP contribution in [0.5, 0.6) is 5.88 Å². The van der Waals surface area contributed by atoms with Crippen molar-refractivity contribution in [2.75, 3.05) is 26.8 Å². The summed E-state index contributed by atoms with van der Waals surface area (Å²) < 4.78 is 32.6. The first-order valence-electron chi connectivity index (χ1n) is 13.5. The summed E-state index contributed by atoms with van der Waals surface area (Å²) in [6, 6.07) is 11.9. The van der Waals surface area contributed by atoms with E-state index in [0.717, 1.165) is 60.7 Å². The fraction of sp³-hybridized carbons (Fsp3) is 0.333. The molecule has 41 heavy (non-hydrogen) atoms. The maximum absolute atomic E-state index is 14.1. The maximum Gasteiger partial charge on any atom is 0.356 e. The topological polar surface area (TPSA) is 91.6 Å². The lowest BCUT2D eigenvalue weighted by Gasteiger charge is -2.29. The highest BCUT2D eigenvalue weighted by molar-refractivity contribution is 6.30. The lowest BCUT2D eigenvalue weighted by atomic mass is 10.0. The van der Waals surface area contributed by atoms with Crippen LogP contribution in [0, 0.1) is 5.82 Å². The summed E-state index contributed by atoms with van der Waals surface area (Å²) in [4.78, 5) is 28.2. The van der Waals surface area contributed by atoms with Crippen molar-refractivity contribution in [2.24, 2.45) is 0 Å². The van der Waals surface area contributed by atoms with Crippen LogP contribution in [-0.2, 0) is 29.2 Å². The Morgan fingerprint density at radius 1 is 1.22 bits per heavy atom. The first-order chi connectivity index (χ1) is 20.0. The molecule has 6 rings (SSSR count). The van der Waals surface area contributed by atoms with Gasteiger partial charge in [-0.05, 0) is 42.7 Å². The van der Waals surface area contributed by atoms with Gasteiger partial charge in [0.2, 0.25) is 5.88 Å². The molecule has 1 fully saturated rings. The van der Waals surface area contributed by atoms with E-state index >= 15 is 0 Å². The van der Waals surface area contributed by atoms with E-state index in [1.54, 1.807) is 30.5 Å². The molecule has 11 heteroatoms. The van der Waals surface area contributed by atoms with E-state index in [0.29, 0.717) is 29.6 Å². The molecule has 0 unspecified atom stereocenters. The van der Waals surface area contributed by atoms with Crippen LogP contribution in [0.3, 0.4) is 0 Å². The number of hydrogen-bond acceptors (Lipinski definition) is 8. The number of carbonyl (C=O) groups excluding carboxylic acids is 1. The fourth-order valence-corrected chi connectivity index (χ4v) is 5.16. The number of halogens is 2. The normalized spacial score (nSPS) is 17.2. The van der Waals surface area contributed by atoms with Gasteiger partial charge in [0.15, 0.2) is 5.69 Å². The molecule has 5 heterocycles. The van der Waals surface area contributed by atoms with Crippen LogP contribution in [0.2, 0.25) is 5.02 Å². The molecule has 0 bridgehead atoms. The molecule has 0 amide bonds. The van der Waals surface area contributed by atoms with E-state index in [1.807, 2.05) is 12.1 Å². The number of ether oxygens (including phenoxy) is 3. The van der Waals surface area contributed by atoms with Crippen molar-refractivity contribution < 1.29 is 23.4 Å². The fourth-order valence-electron chi connectivity index (χ4n) is 5.00. The number of benzene rings is 1. The average molecular weight is 578 g/mol. The molecule has 2 aliphatic rings. The smallest absolute Gasteiger partial charge is 0.356 e. The number of hydrogen-bond donors (Lipinski definition) is 0. The Labute approximate surface area is 241 Å². The Balaban J connectivity index is 1.15. The standard InChI is InChI=1S/C30H29ClFN5O4/c1-39-30(38)25-14-27-26(15-33-25)34-28(37(27)16-22-9-12-40-22)17-36-10-7-19(8-11-36)24-3-2-4-29(35-24)41-18-20-5-6-21(31)13-23(20)32/h2-7,13-15,22H,8-12,16-18H2,1H3/t22-/m0/s1. The molecule has 4 aromatic rings. The van der Waals surface area contributed by atoms with Crippen LogP contribution in [0.25, 0.3) is 16.6 Å². The van der Waals surface area contributed by atoms with Crippen molar-refractivity contribution >= 4 is 34.2 Å². The van der Waals surface area contributed by atoms with E-state index < -0.39 is 11.8 Å². The predicted molar refractivity (Wildman–Crippen MR) is 151 cm³/mol. The minimum atomic E-state index is -0.477. The van der Waals surface area contributed by atoms with E-state index in [-0.39, 0.29) is 18.4 Å². The van der Waals surface area contributed by atoms with Crippen molar-refractivity contribution in [3.05, 3.63) is 88.4 Å². The summed E-state index contributed by atoms with van der Waals surface area (Å²) in [6.45, 7) is 3.69. The third-order valence-corrected chi connectivity index (χ3v) is 7.62. The number of esters is 1.